The molecule has 3 N–H and O–H groups in total. The minimum Gasteiger partial charge on any atom is -0.396 e. The third-order valence-corrected chi connectivity index (χ3v) is 4.12. The summed E-state index contributed by atoms with van der Waals surface area (Å²) in [5.74, 6) is 0.937. The van der Waals surface area contributed by atoms with E-state index >= 15 is 0 Å². The van der Waals surface area contributed by atoms with Crippen molar-refractivity contribution in [3.05, 3.63) is 28.2 Å². The first-order valence-electron chi connectivity index (χ1n) is 4.94. The highest BCUT2D eigenvalue weighted by Gasteiger charge is 2.04. The van der Waals surface area contributed by atoms with E-state index < -0.39 is 0 Å². The highest BCUT2D eigenvalue weighted by molar-refractivity contribution is 9.10. The summed E-state index contributed by atoms with van der Waals surface area (Å²) < 4.78 is 1.08. The summed E-state index contributed by atoms with van der Waals surface area (Å²) in [6.07, 6.45) is 0.826. The first-order chi connectivity index (χ1) is 7.15. The molecule has 0 unspecified atom stereocenters. The molecule has 15 heavy (non-hydrogen) atoms. The van der Waals surface area contributed by atoms with Crippen LogP contribution in [0.2, 0.25) is 0 Å². The van der Waals surface area contributed by atoms with E-state index in [1.165, 1.54) is 4.90 Å². The second-order valence-electron chi connectivity index (χ2n) is 3.40. The largest absolute Gasteiger partial charge is 0.396 e. The molecule has 0 saturated heterocycles. The Morgan fingerprint density at radius 3 is 2.80 bits per heavy atom. The molecule has 0 amide bonds. The van der Waals surface area contributed by atoms with Gasteiger partial charge in [0.2, 0.25) is 0 Å². The van der Waals surface area contributed by atoms with Gasteiger partial charge in [-0.15, -0.1) is 11.8 Å². The van der Waals surface area contributed by atoms with Crippen molar-refractivity contribution in [1.82, 2.24) is 0 Å². The Morgan fingerprint density at radius 1 is 1.53 bits per heavy atom. The fourth-order valence-corrected chi connectivity index (χ4v) is 2.76. The van der Waals surface area contributed by atoms with E-state index in [1.54, 1.807) is 11.8 Å². The maximum atomic E-state index is 8.69. The van der Waals surface area contributed by atoms with Crippen molar-refractivity contribution in [2.24, 2.45) is 5.73 Å². The van der Waals surface area contributed by atoms with Crippen molar-refractivity contribution in [1.29, 1.82) is 0 Å². The second-order valence-corrected chi connectivity index (χ2v) is 5.40. The zero-order chi connectivity index (χ0) is 11.3. The van der Waals surface area contributed by atoms with Crippen molar-refractivity contribution in [3.63, 3.8) is 0 Å². The van der Waals surface area contributed by atoms with Gasteiger partial charge in [-0.2, -0.15) is 0 Å². The summed E-state index contributed by atoms with van der Waals surface area (Å²) in [4.78, 5) is 1.20. The van der Waals surface area contributed by atoms with Gasteiger partial charge in [-0.25, -0.2) is 0 Å². The van der Waals surface area contributed by atoms with Crippen molar-refractivity contribution >= 4 is 27.7 Å². The van der Waals surface area contributed by atoms with Crippen molar-refractivity contribution < 1.29 is 5.11 Å². The van der Waals surface area contributed by atoms with Crippen LogP contribution < -0.4 is 5.73 Å². The van der Waals surface area contributed by atoms with Crippen LogP contribution >= 0.6 is 27.7 Å². The van der Waals surface area contributed by atoms with E-state index in [-0.39, 0.29) is 12.6 Å². The number of aliphatic hydroxyl groups is 1. The molecule has 0 aliphatic rings. The first-order valence-corrected chi connectivity index (χ1v) is 6.71. The molecule has 2 nitrogen and oxygen atoms in total. The van der Waals surface area contributed by atoms with Crippen LogP contribution in [0.15, 0.2) is 27.6 Å². The third kappa shape index (κ3) is 4.15. The minimum atomic E-state index is 0.0674. The summed E-state index contributed by atoms with van der Waals surface area (Å²) in [5, 5.41) is 8.69. The maximum Gasteiger partial charge on any atom is 0.0439 e. The zero-order valence-corrected chi connectivity index (χ0v) is 11.1. The molecule has 0 spiro atoms. The third-order valence-electron chi connectivity index (χ3n) is 2.04. The van der Waals surface area contributed by atoms with E-state index in [4.69, 9.17) is 10.8 Å². The van der Waals surface area contributed by atoms with Crippen LogP contribution in [-0.4, -0.2) is 17.5 Å². The molecule has 0 bridgehead atoms. The minimum absolute atomic E-state index is 0.0674. The average molecular weight is 290 g/mol. The van der Waals surface area contributed by atoms with Crippen LogP contribution in [-0.2, 0) is 0 Å². The van der Waals surface area contributed by atoms with Crippen LogP contribution in [0.5, 0.6) is 0 Å². The van der Waals surface area contributed by atoms with Crippen LogP contribution in [0, 0.1) is 0 Å². The summed E-state index contributed by atoms with van der Waals surface area (Å²) >= 11 is 5.27. The van der Waals surface area contributed by atoms with Gasteiger partial charge in [-0.05, 0) is 47.0 Å². The van der Waals surface area contributed by atoms with Gasteiger partial charge in [-0.1, -0.05) is 6.07 Å². The Morgan fingerprint density at radius 2 is 2.27 bits per heavy atom. The number of aliphatic hydroxyl groups excluding tert-OH is 1. The average Bonchev–Trinajstić information content (AvgIpc) is 2.20. The fourth-order valence-electron chi connectivity index (χ4n) is 1.16. The molecule has 0 fully saturated rings. The summed E-state index contributed by atoms with van der Waals surface area (Å²) in [6, 6.07) is 6.26. The lowest BCUT2D eigenvalue weighted by Gasteiger charge is -2.09. The van der Waals surface area contributed by atoms with E-state index in [0.29, 0.717) is 0 Å². The Bertz CT molecular complexity index is 317. The zero-order valence-electron chi connectivity index (χ0n) is 8.74. The Kier molecular flexibility index (Phi) is 5.68. The number of benzene rings is 1. The second kappa shape index (κ2) is 6.53. The smallest absolute Gasteiger partial charge is 0.0439 e. The van der Waals surface area contributed by atoms with Crippen LogP contribution in [0.1, 0.15) is 24.9 Å². The van der Waals surface area contributed by atoms with E-state index in [2.05, 4.69) is 34.1 Å². The molecular weight excluding hydrogens is 274 g/mol. The van der Waals surface area contributed by atoms with Gasteiger partial charge >= 0.3 is 0 Å². The number of rotatable bonds is 5. The quantitative estimate of drug-likeness (QED) is 0.647. The van der Waals surface area contributed by atoms with Gasteiger partial charge in [0.25, 0.3) is 0 Å². The van der Waals surface area contributed by atoms with Gasteiger partial charge in [0.05, 0.1) is 0 Å². The lowest BCUT2D eigenvalue weighted by Crippen LogP contribution is -2.04. The van der Waals surface area contributed by atoms with Crippen LogP contribution in [0.25, 0.3) is 0 Å². The predicted molar refractivity (Wildman–Crippen MR) is 69.2 cm³/mol. The molecule has 4 heteroatoms. The molecule has 84 valence electrons. The number of hydrogen-bond donors (Lipinski definition) is 2. The highest BCUT2D eigenvalue weighted by atomic mass is 79.9. The molecule has 0 radical (unpaired) electrons. The van der Waals surface area contributed by atoms with Crippen molar-refractivity contribution in [2.75, 3.05) is 12.4 Å². The van der Waals surface area contributed by atoms with Crippen molar-refractivity contribution in [2.45, 2.75) is 24.3 Å². The lowest BCUT2D eigenvalue weighted by atomic mass is 10.1. The molecule has 1 atom stereocenters. The van der Waals surface area contributed by atoms with E-state index in [9.17, 15) is 0 Å². The predicted octanol–water partition coefficient (Wildman–Crippen LogP) is 2.94. The van der Waals surface area contributed by atoms with Gasteiger partial charge in [0.1, 0.15) is 0 Å². The highest BCUT2D eigenvalue weighted by Crippen LogP contribution is 2.29. The molecule has 1 rings (SSSR count). The van der Waals surface area contributed by atoms with E-state index in [0.717, 1.165) is 22.2 Å². The Balaban J connectivity index is 2.66. The maximum absolute atomic E-state index is 8.69. The molecule has 0 aliphatic heterocycles. The lowest BCUT2D eigenvalue weighted by molar-refractivity contribution is 0.296. The van der Waals surface area contributed by atoms with Gasteiger partial charge in [0.15, 0.2) is 0 Å². The number of hydrogen-bond acceptors (Lipinski definition) is 3. The number of thioether (sulfide) groups is 1. The number of halogens is 1. The van der Waals surface area contributed by atoms with Gasteiger partial charge in [-0.3, -0.25) is 0 Å². The fraction of sp³-hybridized carbons (Fsp3) is 0.455. The van der Waals surface area contributed by atoms with Crippen LogP contribution in [0.3, 0.4) is 0 Å². The molecule has 0 heterocycles. The normalized spacial score (nSPS) is 12.8. The standard InChI is InChI=1S/C11H16BrNOS/c1-8(13)9-3-4-11(10(12)7-9)15-6-2-5-14/h3-4,7-8,14H,2,5-6,13H2,1H3/t8-/m1/s1. The number of nitrogens with two attached hydrogens (primary N) is 1. The summed E-state index contributed by atoms with van der Waals surface area (Å²) in [7, 11) is 0. The molecule has 0 aromatic heterocycles. The molecule has 0 saturated carbocycles. The molecule has 1 aromatic carbocycles. The van der Waals surface area contributed by atoms with Gasteiger partial charge in [0, 0.05) is 27.8 Å². The Labute approximate surface area is 103 Å². The summed E-state index contributed by atoms with van der Waals surface area (Å²) in [5.41, 5.74) is 6.93. The first kappa shape index (κ1) is 13.0. The molecule has 1 aromatic rings. The van der Waals surface area contributed by atoms with Gasteiger partial charge < -0.3 is 10.8 Å². The van der Waals surface area contributed by atoms with Crippen LogP contribution in [0.4, 0.5) is 0 Å². The van der Waals surface area contributed by atoms with E-state index in [1.807, 2.05) is 6.92 Å². The molecule has 0 aliphatic carbocycles. The van der Waals surface area contributed by atoms with Crippen molar-refractivity contribution in [3.8, 4) is 0 Å². The molecular formula is C11H16BrNOS. The monoisotopic (exact) mass is 289 g/mol. The topological polar surface area (TPSA) is 46.2 Å². The summed E-state index contributed by atoms with van der Waals surface area (Å²) in [6.45, 7) is 2.23. The Hall–Kier alpha value is -0.0300. The SMILES string of the molecule is C[C@@H](N)c1ccc(SCCCO)c(Br)c1.